The number of amides is 3. The molecule has 0 heterocycles. The minimum absolute atomic E-state index is 0.0103. The average molecular weight is 510 g/mol. The van der Waals surface area contributed by atoms with E-state index >= 15 is 0 Å². The Labute approximate surface area is 212 Å². The molecule has 2 atom stereocenters. The highest BCUT2D eigenvalue weighted by Crippen LogP contribution is 2.27. The van der Waals surface area contributed by atoms with Crippen molar-refractivity contribution in [2.45, 2.75) is 71.6 Å². The van der Waals surface area contributed by atoms with Gasteiger partial charge in [-0.3, -0.25) is 14.4 Å². The van der Waals surface area contributed by atoms with Crippen molar-refractivity contribution in [2.75, 3.05) is 26.8 Å². The molecule has 0 aromatic heterocycles. The van der Waals surface area contributed by atoms with Gasteiger partial charge in [-0.25, -0.2) is 4.79 Å². The highest BCUT2D eigenvalue weighted by Gasteiger charge is 2.36. The van der Waals surface area contributed by atoms with Crippen LogP contribution >= 0.6 is 0 Å². The van der Waals surface area contributed by atoms with Crippen molar-refractivity contribution in [3.8, 4) is 5.75 Å². The zero-order valence-corrected chi connectivity index (χ0v) is 21.9. The number of aliphatic hydroxyl groups is 1. The molecule has 1 aromatic carbocycles. The highest BCUT2D eigenvalue weighted by molar-refractivity contribution is 5.93. The summed E-state index contributed by atoms with van der Waals surface area (Å²) in [6.07, 6.45) is 1.26. The standard InChI is InChI=1S/C25H39N3O8/c1-7-8-9-12-28(23(33)18(15-29)27-24(34)36-25(3,4)5)21(22(32)26-14-20(31)35-6)17-10-11-19(30)16(2)13-17/h10-11,13,18,21,29-30H,7-9,12,14-15H2,1-6H3,(H,26,32)(H,27,34). The molecule has 2 unspecified atom stereocenters. The number of aliphatic hydroxyl groups excluding tert-OH is 1. The Kier molecular flexibility index (Phi) is 12.2. The van der Waals surface area contributed by atoms with E-state index in [0.29, 0.717) is 17.5 Å². The van der Waals surface area contributed by atoms with E-state index in [4.69, 9.17) is 4.74 Å². The lowest BCUT2D eigenvalue weighted by molar-refractivity contribution is -0.145. The van der Waals surface area contributed by atoms with E-state index in [0.717, 1.165) is 12.8 Å². The number of nitrogens with one attached hydrogen (secondary N) is 2. The molecule has 11 nitrogen and oxygen atoms in total. The number of phenols is 1. The molecule has 0 fully saturated rings. The quantitative estimate of drug-likeness (QED) is 0.246. The van der Waals surface area contributed by atoms with Gasteiger partial charge in [-0.2, -0.15) is 0 Å². The fraction of sp³-hybridized carbons (Fsp3) is 0.600. The summed E-state index contributed by atoms with van der Waals surface area (Å²) in [5, 5.41) is 24.8. The summed E-state index contributed by atoms with van der Waals surface area (Å²) in [6, 6.07) is 1.87. The fourth-order valence-electron chi connectivity index (χ4n) is 3.38. The Morgan fingerprint density at radius 2 is 1.81 bits per heavy atom. The van der Waals surface area contributed by atoms with Crippen molar-refractivity contribution >= 4 is 23.9 Å². The molecular formula is C25H39N3O8. The van der Waals surface area contributed by atoms with E-state index in [2.05, 4.69) is 15.4 Å². The van der Waals surface area contributed by atoms with Gasteiger partial charge in [0.25, 0.3) is 0 Å². The fourth-order valence-corrected chi connectivity index (χ4v) is 3.38. The number of aryl methyl sites for hydroxylation is 1. The second kappa shape index (κ2) is 14.3. The SMILES string of the molecule is CCCCCN(C(=O)C(CO)NC(=O)OC(C)(C)C)C(C(=O)NCC(=O)OC)c1ccc(O)c(C)c1. The number of carbonyl (C=O) groups is 4. The van der Waals surface area contributed by atoms with E-state index in [1.807, 2.05) is 6.92 Å². The molecule has 1 rings (SSSR count). The van der Waals surface area contributed by atoms with Crippen LogP contribution in [-0.4, -0.2) is 77.4 Å². The first-order valence-electron chi connectivity index (χ1n) is 11.9. The molecule has 1 aromatic rings. The largest absolute Gasteiger partial charge is 0.508 e. The van der Waals surface area contributed by atoms with Crippen LogP contribution in [0.2, 0.25) is 0 Å². The second-order valence-electron chi connectivity index (χ2n) is 9.36. The lowest BCUT2D eigenvalue weighted by atomic mass is 10.00. The maximum atomic E-state index is 13.6. The van der Waals surface area contributed by atoms with Crippen LogP contribution in [0, 0.1) is 6.92 Å². The van der Waals surface area contributed by atoms with E-state index in [1.54, 1.807) is 33.8 Å². The number of rotatable bonds is 12. The third-order valence-corrected chi connectivity index (χ3v) is 5.19. The van der Waals surface area contributed by atoms with Gasteiger partial charge in [0.2, 0.25) is 11.8 Å². The molecule has 0 aliphatic heterocycles. The smallest absolute Gasteiger partial charge is 0.408 e. The number of esters is 1. The number of ether oxygens (including phenoxy) is 2. The van der Waals surface area contributed by atoms with Gasteiger partial charge in [-0.05, 0) is 57.4 Å². The summed E-state index contributed by atoms with van der Waals surface area (Å²) in [6.45, 7) is 7.60. The van der Waals surface area contributed by atoms with Crippen LogP contribution in [-0.2, 0) is 23.9 Å². The molecule has 11 heteroatoms. The lowest BCUT2D eigenvalue weighted by Gasteiger charge is -2.34. The summed E-state index contributed by atoms with van der Waals surface area (Å²) in [4.78, 5) is 52.1. The number of methoxy groups -OCH3 is 1. The molecular weight excluding hydrogens is 470 g/mol. The first-order valence-corrected chi connectivity index (χ1v) is 11.9. The van der Waals surface area contributed by atoms with Crippen LogP contribution in [0.3, 0.4) is 0 Å². The second-order valence-corrected chi connectivity index (χ2v) is 9.36. The number of phenolic OH excluding ortho intramolecular Hbond substituents is 1. The average Bonchev–Trinajstić information content (AvgIpc) is 2.80. The van der Waals surface area contributed by atoms with Crippen LogP contribution in [0.25, 0.3) is 0 Å². The molecule has 0 saturated heterocycles. The maximum Gasteiger partial charge on any atom is 0.408 e. The minimum Gasteiger partial charge on any atom is -0.508 e. The number of hydrogen-bond donors (Lipinski definition) is 4. The van der Waals surface area contributed by atoms with E-state index in [-0.39, 0.29) is 12.3 Å². The number of aromatic hydroxyl groups is 1. The van der Waals surface area contributed by atoms with Crippen LogP contribution < -0.4 is 10.6 Å². The highest BCUT2D eigenvalue weighted by atomic mass is 16.6. The Morgan fingerprint density at radius 1 is 1.14 bits per heavy atom. The number of nitrogens with zero attached hydrogens (tertiary/aromatic N) is 1. The van der Waals surface area contributed by atoms with Gasteiger partial charge >= 0.3 is 12.1 Å². The van der Waals surface area contributed by atoms with Crippen LogP contribution in [0.4, 0.5) is 4.79 Å². The number of unbranched alkanes of at least 4 members (excludes halogenated alkanes) is 2. The monoisotopic (exact) mass is 509 g/mol. The van der Waals surface area contributed by atoms with Gasteiger partial charge in [0.1, 0.15) is 30.0 Å². The van der Waals surface area contributed by atoms with Crippen LogP contribution in [0.15, 0.2) is 18.2 Å². The Balaban J connectivity index is 3.43. The molecule has 0 bridgehead atoms. The molecule has 3 amide bonds. The third kappa shape index (κ3) is 9.73. The van der Waals surface area contributed by atoms with Gasteiger partial charge in [-0.1, -0.05) is 25.8 Å². The summed E-state index contributed by atoms with van der Waals surface area (Å²) >= 11 is 0. The Morgan fingerprint density at radius 3 is 2.33 bits per heavy atom. The molecule has 4 N–H and O–H groups in total. The Bertz CT molecular complexity index is 913. The van der Waals surface area contributed by atoms with Crippen molar-refractivity contribution in [3.63, 3.8) is 0 Å². The topological polar surface area (TPSA) is 154 Å². The van der Waals surface area contributed by atoms with Crippen LogP contribution in [0.5, 0.6) is 5.75 Å². The zero-order valence-electron chi connectivity index (χ0n) is 21.9. The predicted octanol–water partition coefficient (Wildman–Crippen LogP) is 1.94. The van der Waals surface area contributed by atoms with Gasteiger partial charge in [0.05, 0.1) is 13.7 Å². The van der Waals surface area contributed by atoms with E-state index < -0.39 is 54.7 Å². The normalized spacial score (nSPS) is 12.8. The van der Waals surface area contributed by atoms with Gasteiger partial charge in [-0.15, -0.1) is 0 Å². The van der Waals surface area contributed by atoms with E-state index in [1.165, 1.54) is 24.1 Å². The predicted molar refractivity (Wildman–Crippen MR) is 132 cm³/mol. The summed E-state index contributed by atoms with van der Waals surface area (Å²) in [5.41, 5.74) is 0.0321. The molecule has 36 heavy (non-hydrogen) atoms. The summed E-state index contributed by atoms with van der Waals surface area (Å²) in [5.74, 6) is -2.03. The Hall–Kier alpha value is -3.34. The van der Waals surface area contributed by atoms with Crippen LogP contribution in [0.1, 0.15) is 64.1 Å². The number of benzene rings is 1. The number of carbonyl (C=O) groups excluding carboxylic acids is 4. The maximum absolute atomic E-state index is 13.6. The molecule has 0 spiro atoms. The minimum atomic E-state index is -1.38. The van der Waals surface area contributed by atoms with Crippen molar-refractivity contribution < 1.29 is 38.9 Å². The third-order valence-electron chi connectivity index (χ3n) is 5.19. The molecule has 0 aliphatic carbocycles. The number of alkyl carbamates (subject to hydrolysis) is 1. The lowest BCUT2D eigenvalue weighted by Crippen LogP contribution is -2.54. The summed E-state index contributed by atoms with van der Waals surface area (Å²) in [7, 11) is 1.18. The van der Waals surface area contributed by atoms with E-state index in [9.17, 15) is 29.4 Å². The first-order chi connectivity index (χ1) is 16.8. The summed E-state index contributed by atoms with van der Waals surface area (Å²) < 4.78 is 9.79. The first kappa shape index (κ1) is 30.7. The molecule has 0 saturated carbocycles. The van der Waals surface area contributed by atoms with Gasteiger partial charge < -0.3 is 35.2 Å². The van der Waals surface area contributed by atoms with Crippen molar-refractivity contribution in [3.05, 3.63) is 29.3 Å². The van der Waals surface area contributed by atoms with Gasteiger partial charge in [0.15, 0.2) is 0 Å². The van der Waals surface area contributed by atoms with Gasteiger partial charge in [0, 0.05) is 6.54 Å². The van der Waals surface area contributed by atoms with Crippen molar-refractivity contribution in [1.29, 1.82) is 0 Å². The molecule has 0 aliphatic rings. The number of hydrogen-bond acceptors (Lipinski definition) is 8. The zero-order chi connectivity index (χ0) is 27.5. The van der Waals surface area contributed by atoms with Crippen molar-refractivity contribution in [2.24, 2.45) is 0 Å². The molecule has 0 radical (unpaired) electrons. The molecule has 202 valence electrons. The van der Waals surface area contributed by atoms with Crippen molar-refractivity contribution in [1.82, 2.24) is 15.5 Å².